The van der Waals surface area contributed by atoms with Crippen molar-refractivity contribution in [2.24, 2.45) is 0 Å². The Kier molecular flexibility index (Phi) is 4.66. The summed E-state index contributed by atoms with van der Waals surface area (Å²) in [6, 6.07) is 2.54. The molecule has 1 unspecified atom stereocenters. The maximum absolute atomic E-state index is 12.4. The van der Waals surface area contributed by atoms with Crippen LogP contribution >= 0.6 is 0 Å². The molecule has 0 saturated carbocycles. The molecule has 0 saturated heterocycles. The van der Waals surface area contributed by atoms with E-state index < -0.39 is 31.3 Å². The van der Waals surface area contributed by atoms with Crippen LogP contribution in [0.25, 0.3) is 0 Å². The van der Waals surface area contributed by atoms with Crippen LogP contribution in [-0.4, -0.2) is 40.2 Å². The van der Waals surface area contributed by atoms with Crippen LogP contribution in [0.15, 0.2) is 24.5 Å². The molecule has 0 spiro atoms. The van der Waals surface area contributed by atoms with E-state index in [1.165, 1.54) is 19.3 Å². The quantitative estimate of drug-likeness (QED) is 0.882. The van der Waals surface area contributed by atoms with Crippen molar-refractivity contribution in [3.05, 3.63) is 30.1 Å². The van der Waals surface area contributed by atoms with Gasteiger partial charge in [0.25, 0.3) is 0 Å². The van der Waals surface area contributed by atoms with E-state index in [1.54, 1.807) is 12.1 Å². The second-order valence-corrected chi connectivity index (χ2v) is 3.88. The Labute approximate surface area is 102 Å². The van der Waals surface area contributed by atoms with Gasteiger partial charge in [0.1, 0.15) is 0 Å². The molecule has 0 radical (unpaired) electrons. The molecule has 1 aromatic heterocycles. The molecule has 1 N–H and O–H groups in total. The number of carbonyl (C=O) groups is 1. The second-order valence-electron chi connectivity index (χ2n) is 3.88. The van der Waals surface area contributed by atoms with Crippen molar-refractivity contribution in [2.45, 2.75) is 19.1 Å². The summed E-state index contributed by atoms with van der Waals surface area (Å²) in [6.07, 6.45) is -1.51. The predicted molar refractivity (Wildman–Crippen MR) is 57.9 cm³/mol. The van der Waals surface area contributed by atoms with Gasteiger partial charge < -0.3 is 5.11 Å². The van der Waals surface area contributed by atoms with Crippen molar-refractivity contribution in [2.75, 3.05) is 13.1 Å². The summed E-state index contributed by atoms with van der Waals surface area (Å²) in [5.74, 6) is -1.30. The highest BCUT2D eigenvalue weighted by molar-refractivity contribution is 5.69. The van der Waals surface area contributed by atoms with Gasteiger partial charge in [-0.2, -0.15) is 13.2 Å². The largest absolute Gasteiger partial charge is 0.480 e. The number of halogens is 3. The fourth-order valence-electron chi connectivity index (χ4n) is 1.57. The molecule has 7 heteroatoms. The first-order chi connectivity index (χ1) is 8.29. The van der Waals surface area contributed by atoms with Gasteiger partial charge in [-0.25, -0.2) is 0 Å². The fourth-order valence-corrected chi connectivity index (χ4v) is 1.57. The molecule has 0 fully saturated rings. The summed E-state index contributed by atoms with van der Waals surface area (Å²) in [5.41, 5.74) is 0.544. The van der Waals surface area contributed by atoms with Crippen molar-refractivity contribution in [1.82, 2.24) is 9.88 Å². The zero-order chi connectivity index (χ0) is 13.8. The third-order valence-electron chi connectivity index (χ3n) is 2.44. The molecule has 1 rings (SSSR count). The SMILES string of the molecule is CC(c1cccnc1)N(CC(=O)O)CC(F)(F)F. The zero-order valence-corrected chi connectivity index (χ0v) is 9.68. The number of nitrogens with zero attached hydrogens (tertiary/aromatic N) is 2. The minimum atomic E-state index is -4.44. The topological polar surface area (TPSA) is 53.4 Å². The first kappa shape index (κ1) is 14.4. The molecule has 1 heterocycles. The number of aromatic nitrogens is 1. The summed E-state index contributed by atoms with van der Waals surface area (Å²) < 4.78 is 37.1. The van der Waals surface area contributed by atoms with Gasteiger partial charge >= 0.3 is 12.1 Å². The van der Waals surface area contributed by atoms with Gasteiger partial charge in [-0.1, -0.05) is 6.07 Å². The molecule has 0 aliphatic heterocycles. The Morgan fingerprint density at radius 1 is 1.56 bits per heavy atom. The standard InChI is InChI=1S/C11H13F3N2O2/c1-8(9-3-2-4-15-5-9)16(6-10(17)18)7-11(12,13)14/h2-5,8H,6-7H2,1H3,(H,17,18). The van der Waals surface area contributed by atoms with Crippen molar-refractivity contribution in [3.8, 4) is 0 Å². The lowest BCUT2D eigenvalue weighted by Crippen LogP contribution is -2.39. The average molecular weight is 262 g/mol. The number of alkyl halides is 3. The lowest BCUT2D eigenvalue weighted by atomic mass is 10.1. The molecule has 1 atom stereocenters. The number of hydrogen-bond donors (Lipinski definition) is 1. The monoisotopic (exact) mass is 262 g/mol. The molecule has 4 nitrogen and oxygen atoms in total. The number of hydrogen-bond acceptors (Lipinski definition) is 3. The Morgan fingerprint density at radius 2 is 2.22 bits per heavy atom. The first-order valence-electron chi connectivity index (χ1n) is 5.22. The summed E-state index contributed by atoms with van der Waals surface area (Å²) in [6.45, 7) is -0.420. The third-order valence-corrected chi connectivity index (χ3v) is 2.44. The van der Waals surface area contributed by atoms with Crippen molar-refractivity contribution in [3.63, 3.8) is 0 Å². The molecule has 1 aromatic rings. The molecular formula is C11H13F3N2O2. The zero-order valence-electron chi connectivity index (χ0n) is 9.68. The first-order valence-corrected chi connectivity index (χ1v) is 5.22. The van der Waals surface area contributed by atoms with Crippen LogP contribution in [-0.2, 0) is 4.79 Å². The van der Waals surface area contributed by atoms with Gasteiger partial charge in [0, 0.05) is 18.4 Å². The highest BCUT2D eigenvalue weighted by Gasteiger charge is 2.34. The van der Waals surface area contributed by atoms with Crippen LogP contribution in [0.1, 0.15) is 18.5 Å². The van der Waals surface area contributed by atoms with Crippen LogP contribution < -0.4 is 0 Å². The van der Waals surface area contributed by atoms with E-state index in [1.807, 2.05) is 0 Å². The fraction of sp³-hybridized carbons (Fsp3) is 0.455. The van der Waals surface area contributed by atoms with Gasteiger partial charge in [-0.15, -0.1) is 0 Å². The van der Waals surface area contributed by atoms with E-state index in [-0.39, 0.29) is 0 Å². The van der Waals surface area contributed by atoms with Crippen LogP contribution in [0.3, 0.4) is 0 Å². The van der Waals surface area contributed by atoms with Gasteiger partial charge in [0.05, 0.1) is 13.1 Å². The van der Waals surface area contributed by atoms with E-state index in [2.05, 4.69) is 4.98 Å². The van der Waals surface area contributed by atoms with E-state index in [0.29, 0.717) is 5.56 Å². The average Bonchev–Trinajstić information content (AvgIpc) is 2.26. The number of rotatable bonds is 5. The normalized spacial score (nSPS) is 13.6. The highest BCUT2D eigenvalue weighted by Crippen LogP contribution is 2.24. The molecule has 0 aromatic carbocycles. The Balaban J connectivity index is 2.85. The highest BCUT2D eigenvalue weighted by atomic mass is 19.4. The number of carboxylic acids is 1. The van der Waals surface area contributed by atoms with Crippen molar-refractivity contribution < 1.29 is 23.1 Å². The summed E-state index contributed by atoms with van der Waals surface area (Å²) in [5, 5.41) is 8.65. The summed E-state index contributed by atoms with van der Waals surface area (Å²) >= 11 is 0. The Morgan fingerprint density at radius 3 is 2.67 bits per heavy atom. The lowest BCUT2D eigenvalue weighted by Gasteiger charge is -2.28. The van der Waals surface area contributed by atoms with E-state index >= 15 is 0 Å². The van der Waals surface area contributed by atoms with E-state index in [4.69, 9.17) is 5.11 Å². The van der Waals surface area contributed by atoms with E-state index in [0.717, 1.165) is 4.90 Å². The Hall–Kier alpha value is -1.63. The summed E-state index contributed by atoms with van der Waals surface area (Å²) in [4.78, 5) is 15.3. The van der Waals surface area contributed by atoms with Gasteiger partial charge in [-0.3, -0.25) is 14.7 Å². The second kappa shape index (κ2) is 5.81. The molecule has 0 aliphatic rings. The molecule has 18 heavy (non-hydrogen) atoms. The minimum absolute atomic E-state index is 0.544. The molecule has 0 bridgehead atoms. The molecule has 100 valence electrons. The summed E-state index contributed by atoms with van der Waals surface area (Å²) in [7, 11) is 0. The van der Waals surface area contributed by atoms with Crippen LogP contribution in [0, 0.1) is 0 Å². The maximum atomic E-state index is 12.4. The van der Waals surface area contributed by atoms with Crippen LogP contribution in [0.5, 0.6) is 0 Å². The number of pyridine rings is 1. The third kappa shape index (κ3) is 4.70. The van der Waals surface area contributed by atoms with Gasteiger partial charge in [0.2, 0.25) is 0 Å². The predicted octanol–water partition coefficient (Wildman–Crippen LogP) is 2.09. The maximum Gasteiger partial charge on any atom is 0.401 e. The Bertz CT molecular complexity index is 395. The smallest absolute Gasteiger partial charge is 0.401 e. The minimum Gasteiger partial charge on any atom is -0.480 e. The van der Waals surface area contributed by atoms with E-state index in [9.17, 15) is 18.0 Å². The lowest BCUT2D eigenvalue weighted by molar-refractivity contribution is -0.157. The number of carboxylic acid groups (broad SMARTS) is 1. The van der Waals surface area contributed by atoms with Gasteiger partial charge in [0.15, 0.2) is 0 Å². The molecular weight excluding hydrogens is 249 g/mol. The number of aliphatic carboxylic acids is 1. The van der Waals surface area contributed by atoms with Crippen LogP contribution in [0.2, 0.25) is 0 Å². The van der Waals surface area contributed by atoms with Gasteiger partial charge in [-0.05, 0) is 18.6 Å². The van der Waals surface area contributed by atoms with Crippen LogP contribution in [0.4, 0.5) is 13.2 Å². The molecule has 0 amide bonds. The van der Waals surface area contributed by atoms with Crippen molar-refractivity contribution in [1.29, 1.82) is 0 Å². The van der Waals surface area contributed by atoms with Crippen molar-refractivity contribution >= 4 is 5.97 Å². The molecule has 0 aliphatic carbocycles.